The first-order chi connectivity index (χ1) is 17.0. The van der Waals surface area contributed by atoms with Gasteiger partial charge in [0, 0.05) is 42.8 Å². The van der Waals surface area contributed by atoms with Gasteiger partial charge in [-0.1, -0.05) is 30.3 Å². The van der Waals surface area contributed by atoms with Crippen LogP contribution in [0.3, 0.4) is 0 Å². The molecular weight excluding hydrogens is 445 g/mol. The van der Waals surface area contributed by atoms with Crippen molar-refractivity contribution < 1.29 is 19.0 Å². The number of ether oxygens (including phenoxy) is 1. The van der Waals surface area contributed by atoms with Crippen molar-refractivity contribution in [2.24, 2.45) is 0 Å². The molecule has 2 aromatic carbocycles. The van der Waals surface area contributed by atoms with E-state index in [-0.39, 0.29) is 18.1 Å². The van der Waals surface area contributed by atoms with Gasteiger partial charge in [0.2, 0.25) is 5.91 Å². The molecule has 0 bridgehead atoms. The number of morpholine rings is 1. The van der Waals surface area contributed by atoms with Gasteiger partial charge in [-0.05, 0) is 55.0 Å². The van der Waals surface area contributed by atoms with Crippen LogP contribution in [0.15, 0.2) is 54.7 Å². The number of hydrogen-bond donors (Lipinski definition) is 1. The fraction of sp³-hybridized carbons (Fsp3) is 0.429. The lowest BCUT2D eigenvalue weighted by Crippen LogP contribution is -2.59. The molecule has 1 amide bonds. The molecule has 1 aliphatic carbocycles. The van der Waals surface area contributed by atoms with Gasteiger partial charge >= 0.3 is 0 Å². The number of hydrogen-bond acceptors (Lipinski definition) is 5. The zero-order valence-corrected chi connectivity index (χ0v) is 19.7. The molecule has 2 saturated heterocycles. The molecule has 1 atom stereocenters. The number of amides is 1. The van der Waals surface area contributed by atoms with Crippen LogP contribution in [0.1, 0.15) is 37.4 Å². The first-order valence-electron chi connectivity index (χ1n) is 12.5. The van der Waals surface area contributed by atoms with Crippen LogP contribution in [0.4, 0.5) is 4.39 Å². The number of aromatic nitrogens is 1. The van der Waals surface area contributed by atoms with E-state index in [0.717, 1.165) is 60.8 Å². The highest BCUT2D eigenvalue weighted by atomic mass is 19.1. The van der Waals surface area contributed by atoms with Gasteiger partial charge in [0.05, 0.1) is 23.8 Å². The number of benzene rings is 2. The number of rotatable bonds is 5. The third-order valence-corrected chi connectivity index (χ3v) is 7.77. The molecule has 3 fully saturated rings. The standard InChI is InChI=1S/C28H30FN3O3/c29-24-14-20(21-4-3-19-2-1-11-30-25(19)15-21)5-8-23(24)26(33)16-31-12-9-28(10-13-31)18-32(22-6-7-22)27(34)17-35-28/h1-5,8,11,14-15,22,26,33H,6-7,9-10,12-13,16-18H2. The monoisotopic (exact) mass is 475 g/mol. The molecular formula is C28H30FN3O3. The highest BCUT2D eigenvalue weighted by molar-refractivity contribution is 5.84. The smallest absolute Gasteiger partial charge is 0.248 e. The van der Waals surface area contributed by atoms with Crippen molar-refractivity contribution in [1.82, 2.24) is 14.8 Å². The summed E-state index contributed by atoms with van der Waals surface area (Å²) >= 11 is 0. The second-order valence-corrected chi connectivity index (χ2v) is 10.2. The van der Waals surface area contributed by atoms with E-state index in [1.54, 1.807) is 12.3 Å². The maximum atomic E-state index is 15.0. The van der Waals surface area contributed by atoms with E-state index in [0.29, 0.717) is 24.7 Å². The molecule has 3 aliphatic rings. The summed E-state index contributed by atoms with van der Waals surface area (Å²) < 4.78 is 21.1. The largest absolute Gasteiger partial charge is 0.387 e. The van der Waals surface area contributed by atoms with Crippen LogP contribution in [-0.4, -0.2) is 70.2 Å². The first kappa shape index (κ1) is 22.6. The number of aliphatic hydroxyl groups is 1. The minimum atomic E-state index is -0.909. The fourth-order valence-electron chi connectivity index (χ4n) is 5.47. The average molecular weight is 476 g/mol. The van der Waals surface area contributed by atoms with Gasteiger partial charge in [0.25, 0.3) is 0 Å². The number of fused-ring (bicyclic) bond motifs is 1. The lowest BCUT2D eigenvalue weighted by molar-refractivity contribution is -0.173. The maximum Gasteiger partial charge on any atom is 0.248 e. The van der Waals surface area contributed by atoms with Crippen molar-refractivity contribution in [2.45, 2.75) is 43.4 Å². The van der Waals surface area contributed by atoms with Crippen LogP contribution in [0.2, 0.25) is 0 Å². The Kier molecular flexibility index (Phi) is 5.79. The highest BCUT2D eigenvalue weighted by Gasteiger charge is 2.46. The molecule has 35 heavy (non-hydrogen) atoms. The van der Waals surface area contributed by atoms with Crippen LogP contribution in [0, 0.1) is 5.82 Å². The summed E-state index contributed by atoms with van der Waals surface area (Å²) in [5.74, 6) is -0.298. The zero-order chi connectivity index (χ0) is 24.0. The van der Waals surface area contributed by atoms with Crippen LogP contribution in [-0.2, 0) is 9.53 Å². The minimum Gasteiger partial charge on any atom is -0.387 e. The Balaban J connectivity index is 1.10. The summed E-state index contributed by atoms with van der Waals surface area (Å²) in [6.07, 6.45) is 4.66. The van der Waals surface area contributed by atoms with Gasteiger partial charge in [0.15, 0.2) is 0 Å². The summed E-state index contributed by atoms with van der Waals surface area (Å²) in [5.41, 5.74) is 2.55. The van der Waals surface area contributed by atoms with Gasteiger partial charge in [-0.3, -0.25) is 9.78 Å². The first-order valence-corrected chi connectivity index (χ1v) is 12.5. The molecule has 2 aliphatic heterocycles. The van der Waals surface area contributed by atoms with E-state index in [4.69, 9.17) is 4.74 Å². The molecule has 1 unspecified atom stereocenters. The molecule has 3 aromatic rings. The van der Waals surface area contributed by atoms with Crippen molar-refractivity contribution in [3.05, 3.63) is 66.1 Å². The quantitative estimate of drug-likeness (QED) is 0.606. The summed E-state index contributed by atoms with van der Waals surface area (Å²) in [7, 11) is 0. The number of likely N-dealkylation sites (tertiary alicyclic amines) is 1. The Morgan fingerprint density at radius 3 is 2.66 bits per heavy atom. The molecule has 1 spiro atoms. The maximum absolute atomic E-state index is 15.0. The topological polar surface area (TPSA) is 65.9 Å². The van der Waals surface area contributed by atoms with Crippen molar-refractivity contribution in [1.29, 1.82) is 0 Å². The predicted molar refractivity (Wildman–Crippen MR) is 131 cm³/mol. The molecule has 0 radical (unpaired) electrons. The van der Waals surface area contributed by atoms with E-state index in [2.05, 4.69) is 9.88 Å². The van der Waals surface area contributed by atoms with Gasteiger partial charge in [-0.25, -0.2) is 4.39 Å². The van der Waals surface area contributed by atoms with Gasteiger partial charge in [0.1, 0.15) is 12.4 Å². The molecule has 182 valence electrons. The van der Waals surface area contributed by atoms with Crippen LogP contribution in [0.5, 0.6) is 0 Å². The molecule has 6 nitrogen and oxygen atoms in total. The zero-order valence-electron chi connectivity index (χ0n) is 19.7. The lowest BCUT2D eigenvalue weighted by atomic mass is 9.88. The number of piperidine rings is 1. The summed E-state index contributed by atoms with van der Waals surface area (Å²) in [6, 6.07) is 15.2. The number of aliphatic hydroxyl groups excluding tert-OH is 1. The number of carbonyl (C=O) groups is 1. The molecule has 1 aromatic heterocycles. The normalized spacial score (nSPS) is 21.5. The van der Waals surface area contributed by atoms with Gasteiger partial charge < -0.3 is 19.6 Å². The van der Waals surface area contributed by atoms with Crippen LogP contribution >= 0.6 is 0 Å². The number of nitrogens with zero attached hydrogens (tertiary/aromatic N) is 3. The highest BCUT2D eigenvalue weighted by Crippen LogP contribution is 2.36. The van der Waals surface area contributed by atoms with Crippen molar-refractivity contribution in [3.63, 3.8) is 0 Å². The molecule has 6 rings (SSSR count). The van der Waals surface area contributed by atoms with E-state index < -0.39 is 11.9 Å². The Hall–Kier alpha value is -2.87. The molecule has 1 saturated carbocycles. The fourth-order valence-corrected chi connectivity index (χ4v) is 5.47. The third-order valence-electron chi connectivity index (χ3n) is 7.77. The Morgan fingerprint density at radius 1 is 1.11 bits per heavy atom. The molecule has 1 N–H and O–H groups in total. The summed E-state index contributed by atoms with van der Waals surface area (Å²) in [4.78, 5) is 20.8. The van der Waals surface area contributed by atoms with Gasteiger partial charge in [-0.2, -0.15) is 0 Å². The number of pyridine rings is 1. The molecule has 7 heteroatoms. The predicted octanol–water partition coefficient (Wildman–Crippen LogP) is 3.93. The summed E-state index contributed by atoms with van der Waals surface area (Å²) in [6.45, 7) is 2.73. The minimum absolute atomic E-state index is 0.106. The average Bonchev–Trinajstić information content (AvgIpc) is 3.72. The number of carbonyl (C=O) groups excluding carboxylic acids is 1. The SMILES string of the molecule is O=C1COC2(CCN(CC(O)c3ccc(-c4ccc5cccnc5c4)cc3F)CC2)CN1C1CC1. The van der Waals surface area contributed by atoms with E-state index in [1.807, 2.05) is 41.3 Å². The van der Waals surface area contributed by atoms with E-state index in [1.165, 1.54) is 6.07 Å². The van der Waals surface area contributed by atoms with Crippen molar-refractivity contribution in [2.75, 3.05) is 32.8 Å². The van der Waals surface area contributed by atoms with Crippen molar-refractivity contribution in [3.8, 4) is 11.1 Å². The number of halogens is 1. The Bertz CT molecular complexity index is 1250. The van der Waals surface area contributed by atoms with E-state index in [9.17, 15) is 9.90 Å². The van der Waals surface area contributed by atoms with Crippen molar-refractivity contribution >= 4 is 16.8 Å². The second-order valence-electron chi connectivity index (χ2n) is 10.2. The Labute approximate surface area is 204 Å². The Morgan fingerprint density at radius 2 is 1.89 bits per heavy atom. The van der Waals surface area contributed by atoms with Crippen LogP contribution in [0.25, 0.3) is 22.0 Å². The van der Waals surface area contributed by atoms with Crippen LogP contribution < -0.4 is 0 Å². The number of β-amino-alcohol motifs (C(OH)–C–C–N with tert-alkyl or cyclic N) is 1. The lowest BCUT2D eigenvalue weighted by Gasteiger charge is -2.47. The summed E-state index contributed by atoms with van der Waals surface area (Å²) in [5, 5.41) is 11.9. The molecule has 3 heterocycles. The second kappa shape index (κ2) is 8.97. The third kappa shape index (κ3) is 4.56. The van der Waals surface area contributed by atoms with Gasteiger partial charge in [-0.15, -0.1) is 0 Å². The van der Waals surface area contributed by atoms with E-state index >= 15 is 4.39 Å².